The molecule has 0 spiro atoms. The molecule has 0 aliphatic carbocycles. The van der Waals surface area contributed by atoms with Crippen LogP contribution in [0.3, 0.4) is 0 Å². The molecule has 0 fully saturated rings. The van der Waals surface area contributed by atoms with Crippen LogP contribution >= 0.6 is 11.6 Å². The molecule has 21 heavy (non-hydrogen) atoms. The predicted octanol–water partition coefficient (Wildman–Crippen LogP) is 2.95. The normalized spacial score (nSPS) is 11.1. The molecule has 108 valence electrons. The van der Waals surface area contributed by atoms with Crippen molar-refractivity contribution in [3.8, 4) is 0 Å². The van der Waals surface area contributed by atoms with Crippen LogP contribution in [-0.2, 0) is 20.0 Å². The van der Waals surface area contributed by atoms with Crippen LogP contribution in [-0.4, -0.2) is 21.5 Å². The van der Waals surface area contributed by atoms with E-state index >= 15 is 0 Å². The van der Waals surface area contributed by atoms with E-state index in [0.717, 1.165) is 35.6 Å². The van der Waals surface area contributed by atoms with E-state index in [1.165, 1.54) is 11.1 Å². The van der Waals surface area contributed by atoms with Crippen LogP contribution in [0.1, 0.15) is 11.1 Å². The highest BCUT2D eigenvalue weighted by Crippen LogP contribution is 2.15. The predicted molar refractivity (Wildman–Crippen MR) is 85.4 cm³/mol. The largest absolute Gasteiger partial charge is 0.312 e. The Kier molecular flexibility index (Phi) is 4.18. The Morgan fingerprint density at radius 2 is 1.95 bits per heavy atom. The number of nitrogens with one attached hydrogen (secondary N) is 1. The summed E-state index contributed by atoms with van der Waals surface area (Å²) in [5.41, 5.74) is 4.49. The second-order valence-corrected chi connectivity index (χ2v) is 5.49. The van der Waals surface area contributed by atoms with Gasteiger partial charge in [-0.05, 0) is 42.3 Å². The van der Waals surface area contributed by atoms with E-state index in [9.17, 15) is 0 Å². The van der Waals surface area contributed by atoms with Crippen LogP contribution < -0.4 is 5.32 Å². The van der Waals surface area contributed by atoms with E-state index in [1.807, 2.05) is 31.3 Å². The second kappa shape index (κ2) is 6.24. The van der Waals surface area contributed by atoms with Crippen molar-refractivity contribution < 1.29 is 0 Å². The van der Waals surface area contributed by atoms with E-state index in [-0.39, 0.29) is 0 Å². The summed E-state index contributed by atoms with van der Waals surface area (Å²) < 4.78 is 1.80. The summed E-state index contributed by atoms with van der Waals surface area (Å²) in [6, 6.07) is 14.1. The number of fused-ring (bicyclic) bond motifs is 1. The lowest BCUT2D eigenvalue weighted by molar-refractivity contribution is 0.688. The fourth-order valence-electron chi connectivity index (χ4n) is 2.36. The number of hydrogen-bond donors (Lipinski definition) is 1. The Hall–Kier alpha value is -1.91. The molecule has 3 rings (SSSR count). The zero-order chi connectivity index (χ0) is 14.7. The van der Waals surface area contributed by atoms with Gasteiger partial charge in [0.2, 0.25) is 0 Å². The summed E-state index contributed by atoms with van der Waals surface area (Å²) >= 11 is 5.88. The third kappa shape index (κ3) is 3.23. The monoisotopic (exact) mass is 300 g/mol. The van der Waals surface area contributed by atoms with Crippen LogP contribution in [0, 0.1) is 0 Å². The lowest BCUT2D eigenvalue weighted by atomic mass is 10.1. The van der Waals surface area contributed by atoms with Gasteiger partial charge in [-0.25, -0.2) is 4.68 Å². The fraction of sp³-hybridized carbons (Fsp3) is 0.250. The number of aryl methyl sites for hydroxylation is 1. The number of rotatable bonds is 5. The average Bonchev–Trinajstić information content (AvgIpc) is 2.88. The molecule has 5 heteroatoms. The van der Waals surface area contributed by atoms with E-state index in [0.29, 0.717) is 0 Å². The standard InChI is InChI=1S/C16H17ClN4/c1-21-15-4-2-3-13(16(15)19-20-21)11-18-10-9-12-5-7-14(17)8-6-12/h2-8,18H,9-11H2,1H3. The van der Waals surface area contributed by atoms with E-state index in [1.54, 1.807) is 4.68 Å². The van der Waals surface area contributed by atoms with Crippen molar-refractivity contribution in [2.45, 2.75) is 13.0 Å². The molecule has 0 aliphatic heterocycles. The molecule has 1 N–H and O–H groups in total. The Labute approximate surface area is 128 Å². The molecule has 4 nitrogen and oxygen atoms in total. The number of benzene rings is 2. The van der Waals surface area contributed by atoms with Crippen molar-refractivity contribution >= 4 is 22.6 Å². The molecule has 0 radical (unpaired) electrons. The van der Waals surface area contributed by atoms with Crippen LogP contribution in [0.4, 0.5) is 0 Å². The van der Waals surface area contributed by atoms with Gasteiger partial charge in [-0.2, -0.15) is 0 Å². The van der Waals surface area contributed by atoms with Crippen LogP contribution in [0.15, 0.2) is 42.5 Å². The van der Waals surface area contributed by atoms with Gasteiger partial charge in [-0.3, -0.25) is 0 Å². The van der Waals surface area contributed by atoms with Gasteiger partial charge < -0.3 is 5.32 Å². The van der Waals surface area contributed by atoms with E-state index in [2.05, 4.69) is 33.8 Å². The highest BCUT2D eigenvalue weighted by atomic mass is 35.5. The maximum absolute atomic E-state index is 5.88. The quantitative estimate of drug-likeness (QED) is 0.737. The van der Waals surface area contributed by atoms with E-state index < -0.39 is 0 Å². The molecule has 0 bridgehead atoms. The highest BCUT2D eigenvalue weighted by Gasteiger charge is 2.05. The van der Waals surface area contributed by atoms with E-state index in [4.69, 9.17) is 11.6 Å². The van der Waals surface area contributed by atoms with Crippen LogP contribution in [0.5, 0.6) is 0 Å². The van der Waals surface area contributed by atoms with Crippen LogP contribution in [0.2, 0.25) is 5.02 Å². The van der Waals surface area contributed by atoms with Crippen molar-refractivity contribution in [3.05, 3.63) is 58.6 Å². The molecule has 2 aromatic carbocycles. The molecule has 1 aromatic heterocycles. The van der Waals surface area contributed by atoms with Crippen LogP contribution in [0.25, 0.3) is 11.0 Å². The highest BCUT2D eigenvalue weighted by molar-refractivity contribution is 6.30. The van der Waals surface area contributed by atoms with Crippen molar-refractivity contribution in [2.24, 2.45) is 7.05 Å². The molecule has 3 aromatic rings. The molecule has 0 amide bonds. The average molecular weight is 301 g/mol. The minimum atomic E-state index is 0.779. The SMILES string of the molecule is Cn1nnc2c(CNCCc3ccc(Cl)cc3)cccc21. The molecule has 0 saturated carbocycles. The number of halogens is 1. The molecule has 0 aliphatic rings. The first-order valence-corrected chi connectivity index (χ1v) is 7.34. The lowest BCUT2D eigenvalue weighted by Gasteiger charge is -2.06. The second-order valence-electron chi connectivity index (χ2n) is 5.05. The summed E-state index contributed by atoms with van der Waals surface area (Å²) in [4.78, 5) is 0. The van der Waals surface area contributed by atoms with Crippen molar-refractivity contribution in [1.29, 1.82) is 0 Å². The molecule has 0 saturated heterocycles. The van der Waals surface area contributed by atoms with Crippen molar-refractivity contribution in [3.63, 3.8) is 0 Å². The molecule has 1 heterocycles. The minimum absolute atomic E-state index is 0.779. The first-order chi connectivity index (χ1) is 10.2. The summed E-state index contributed by atoms with van der Waals surface area (Å²) in [6.45, 7) is 1.71. The maximum Gasteiger partial charge on any atom is 0.117 e. The van der Waals surface area contributed by atoms with Gasteiger partial charge in [0.1, 0.15) is 5.52 Å². The molecular weight excluding hydrogens is 284 g/mol. The number of hydrogen-bond acceptors (Lipinski definition) is 3. The Balaban J connectivity index is 1.58. The van der Waals surface area contributed by atoms with Crippen molar-refractivity contribution in [1.82, 2.24) is 20.3 Å². The summed E-state index contributed by atoms with van der Waals surface area (Å²) in [5.74, 6) is 0. The Bertz CT molecular complexity index is 734. The van der Waals surface area contributed by atoms with Gasteiger partial charge in [-0.15, -0.1) is 5.10 Å². The first kappa shape index (κ1) is 14.0. The van der Waals surface area contributed by atoms with Gasteiger partial charge in [0.25, 0.3) is 0 Å². The Morgan fingerprint density at radius 1 is 1.14 bits per heavy atom. The third-order valence-corrected chi connectivity index (χ3v) is 3.80. The zero-order valence-corrected chi connectivity index (χ0v) is 12.6. The molecule has 0 unspecified atom stereocenters. The lowest BCUT2D eigenvalue weighted by Crippen LogP contribution is -2.16. The topological polar surface area (TPSA) is 42.7 Å². The van der Waals surface area contributed by atoms with Gasteiger partial charge in [0.05, 0.1) is 5.52 Å². The first-order valence-electron chi connectivity index (χ1n) is 6.96. The zero-order valence-electron chi connectivity index (χ0n) is 11.9. The minimum Gasteiger partial charge on any atom is -0.312 e. The summed E-state index contributed by atoms with van der Waals surface area (Å²) in [6.07, 6.45) is 0.980. The van der Waals surface area contributed by atoms with Gasteiger partial charge in [-0.1, -0.05) is 41.1 Å². The third-order valence-electron chi connectivity index (χ3n) is 3.54. The maximum atomic E-state index is 5.88. The van der Waals surface area contributed by atoms with Crippen molar-refractivity contribution in [2.75, 3.05) is 6.54 Å². The fourth-order valence-corrected chi connectivity index (χ4v) is 2.49. The van der Waals surface area contributed by atoms with Gasteiger partial charge >= 0.3 is 0 Å². The summed E-state index contributed by atoms with van der Waals surface area (Å²) in [5, 5.41) is 12.5. The summed E-state index contributed by atoms with van der Waals surface area (Å²) in [7, 11) is 1.91. The van der Waals surface area contributed by atoms with Gasteiger partial charge in [0.15, 0.2) is 0 Å². The molecule has 0 atom stereocenters. The smallest absolute Gasteiger partial charge is 0.117 e. The van der Waals surface area contributed by atoms with Gasteiger partial charge in [0, 0.05) is 18.6 Å². The Morgan fingerprint density at radius 3 is 2.76 bits per heavy atom. The number of aromatic nitrogens is 3. The number of nitrogens with zero attached hydrogens (tertiary/aromatic N) is 3. The molecular formula is C16H17ClN4.